The molecule has 0 fully saturated rings. The molecular weight excluding hydrogens is 248 g/mol. The van der Waals surface area contributed by atoms with Crippen LogP contribution in [0.5, 0.6) is 0 Å². The Hall–Kier alpha value is -1.82. The highest BCUT2D eigenvalue weighted by Crippen LogP contribution is 2.17. The van der Waals surface area contributed by atoms with Gasteiger partial charge in [-0.05, 0) is 17.5 Å². The Morgan fingerprint density at radius 1 is 1.42 bits per heavy atom. The summed E-state index contributed by atoms with van der Waals surface area (Å²) in [4.78, 5) is 24.7. The van der Waals surface area contributed by atoms with E-state index in [-0.39, 0.29) is 25.4 Å². The first kappa shape index (κ1) is 17.2. The van der Waals surface area contributed by atoms with Crippen molar-refractivity contribution >= 4 is 11.9 Å². The summed E-state index contributed by atoms with van der Waals surface area (Å²) < 4.78 is 4.59. The number of hydrogen-bond acceptors (Lipinski definition) is 4. The SMILES string of the molecule is CC.COC(=O)Cc1c(CCC(=O)O)c[nH]c1CN. The fourth-order valence-electron chi connectivity index (χ4n) is 1.63. The van der Waals surface area contributed by atoms with E-state index in [0.29, 0.717) is 6.42 Å². The second kappa shape index (κ2) is 9.16. The maximum Gasteiger partial charge on any atom is 0.310 e. The molecule has 19 heavy (non-hydrogen) atoms. The fraction of sp³-hybridized carbons (Fsp3) is 0.538. The quantitative estimate of drug-likeness (QED) is 0.674. The van der Waals surface area contributed by atoms with Crippen LogP contribution in [0.3, 0.4) is 0 Å². The molecule has 0 aliphatic heterocycles. The molecule has 6 nitrogen and oxygen atoms in total. The lowest BCUT2D eigenvalue weighted by Crippen LogP contribution is -2.10. The Labute approximate surface area is 113 Å². The number of carbonyl (C=O) groups excluding carboxylic acids is 1. The van der Waals surface area contributed by atoms with Crippen LogP contribution in [0.15, 0.2) is 6.20 Å². The molecule has 0 unspecified atom stereocenters. The number of carbonyl (C=O) groups is 2. The number of methoxy groups -OCH3 is 1. The first-order chi connectivity index (χ1) is 9.08. The zero-order chi connectivity index (χ0) is 14.8. The van der Waals surface area contributed by atoms with E-state index in [0.717, 1.165) is 16.8 Å². The minimum atomic E-state index is -0.871. The molecule has 0 aromatic carbocycles. The van der Waals surface area contributed by atoms with Crippen molar-refractivity contribution in [1.82, 2.24) is 4.98 Å². The molecule has 0 amide bonds. The van der Waals surface area contributed by atoms with Crippen LogP contribution in [0.4, 0.5) is 0 Å². The highest BCUT2D eigenvalue weighted by atomic mass is 16.5. The van der Waals surface area contributed by atoms with Gasteiger partial charge in [-0.15, -0.1) is 0 Å². The maximum absolute atomic E-state index is 11.2. The van der Waals surface area contributed by atoms with Crippen molar-refractivity contribution in [3.63, 3.8) is 0 Å². The Morgan fingerprint density at radius 2 is 2.05 bits per heavy atom. The molecule has 0 saturated heterocycles. The lowest BCUT2D eigenvalue weighted by molar-refractivity contribution is -0.140. The van der Waals surface area contributed by atoms with E-state index in [4.69, 9.17) is 10.8 Å². The van der Waals surface area contributed by atoms with E-state index in [1.807, 2.05) is 13.8 Å². The predicted octanol–water partition coefficient (Wildman–Crippen LogP) is 1.23. The standard InChI is InChI=1S/C11H16N2O4.C2H6/c1-17-11(16)4-8-7(2-3-10(14)15)6-13-9(8)5-12;1-2/h6,13H,2-5,12H2,1H3,(H,14,15);1-2H3. The number of ether oxygens (including phenoxy) is 1. The van der Waals surface area contributed by atoms with Crippen LogP contribution in [0.2, 0.25) is 0 Å². The van der Waals surface area contributed by atoms with Crippen LogP contribution in [0.1, 0.15) is 37.1 Å². The van der Waals surface area contributed by atoms with Gasteiger partial charge in [0.15, 0.2) is 0 Å². The third-order valence-corrected chi connectivity index (χ3v) is 2.53. The van der Waals surface area contributed by atoms with Gasteiger partial charge in [0.05, 0.1) is 13.5 Å². The first-order valence-corrected chi connectivity index (χ1v) is 6.25. The van der Waals surface area contributed by atoms with Crippen molar-refractivity contribution in [2.45, 2.75) is 39.7 Å². The van der Waals surface area contributed by atoms with Gasteiger partial charge in [-0.3, -0.25) is 9.59 Å². The number of esters is 1. The van der Waals surface area contributed by atoms with Gasteiger partial charge >= 0.3 is 11.9 Å². The van der Waals surface area contributed by atoms with Crippen molar-refractivity contribution in [2.24, 2.45) is 5.73 Å². The van der Waals surface area contributed by atoms with Gasteiger partial charge in [0.25, 0.3) is 0 Å². The smallest absolute Gasteiger partial charge is 0.310 e. The summed E-state index contributed by atoms with van der Waals surface area (Å²) in [5, 5.41) is 8.63. The normalized spacial score (nSPS) is 9.47. The Morgan fingerprint density at radius 3 is 2.53 bits per heavy atom. The number of hydrogen-bond donors (Lipinski definition) is 3. The highest BCUT2D eigenvalue weighted by molar-refractivity contribution is 5.73. The lowest BCUT2D eigenvalue weighted by atomic mass is 10.0. The molecule has 0 spiro atoms. The summed E-state index contributed by atoms with van der Waals surface area (Å²) in [6, 6.07) is 0. The van der Waals surface area contributed by atoms with Crippen LogP contribution in [0.25, 0.3) is 0 Å². The summed E-state index contributed by atoms with van der Waals surface area (Å²) in [5.74, 6) is -1.24. The minimum absolute atomic E-state index is 0.0238. The van der Waals surface area contributed by atoms with Crippen LogP contribution in [-0.2, 0) is 33.7 Å². The van der Waals surface area contributed by atoms with Gasteiger partial charge in [0.1, 0.15) is 0 Å². The second-order valence-electron chi connectivity index (χ2n) is 3.62. The zero-order valence-corrected chi connectivity index (χ0v) is 11.7. The molecule has 1 aromatic heterocycles. The van der Waals surface area contributed by atoms with Crippen molar-refractivity contribution in [1.29, 1.82) is 0 Å². The summed E-state index contributed by atoms with van der Waals surface area (Å²) in [6.07, 6.45) is 2.21. The molecule has 0 aliphatic rings. The average molecular weight is 270 g/mol. The Balaban J connectivity index is 0.00000154. The summed E-state index contributed by atoms with van der Waals surface area (Å²) >= 11 is 0. The minimum Gasteiger partial charge on any atom is -0.481 e. The van der Waals surface area contributed by atoms with Gasteiger partial charge in [-0.25, -0.2) is 0 Å². The van der Waals surface area contributed by atoms with E-state index >= 15 is 0 Å². The molecule has 4 N–H and O–H groups in total. The average Bonchev–Trinajstić information content (AvgIpc) is 2.80. The summed E-state index contributed by atoms with van der Waals surface area (Å²) in [6.45, 7) is 4.28. The first-order valence-electron chi connectivity index (χ1n) is 6.25. The van der Waals surface area contributed by atoms with E-state index in [1.165, 1.54) is 7.11 Å². The van der Waals surface area contributed by atoms with Crippen LogP contribution >= 0.6 is 0 Å². The third kappa shape index (κ3) is 5.56. The molecular formula is C13H22N2O4. The predicted molar refractivity (Wildman–Crippen MR) is 71.7 cm³/mol. The van der Waals surface area contributed by atoms with Crippen molar-refractivity contribution in [3.05, 3.63) is 23.0 Å². The summed E-state index contributed by atoms with van der Waals surface area (Å²) in [7, 11) is 1.31. The Kier molecular flexibility index (Phi) is 8.28. The molecule has 0 radical (unpaired) electrons. The highest BCUT2D eigenvalue weighted by Gasteiger charge is 2.15. The largest absolute Gasteiger partial charge is 0.481 e. The molecule has 6 heteroatoms. The number of aliphatic carboxylic acids is 1. The molecule has 0 atom stereocenters. The fourth-order valence-corrected chi connectivity index (χ4v) is 1.63. The number of carboxylic acid groups (broad SMARTS) is 1. The molecule has 0 aliphatic carbocycles. The van der Waals surface area contributed by atoms with Crippen LogP contribution in [-0.4, -0.2) is 29.1 Å². The number of nitrogens with one attached hydrogen (secondary N) is 1. The topological polar surface area (TPSA) is 105 Å². The molecule has 0 saturated carbocycles. The van der Waals surface area contributed by atoms with Crippen LogP contribution in [0, 0.1) is 0 Å². The van der Waals surface area contributed by atoms with E-state index in [2.05, 4.69) is 9.72 Å². The molecule has 1 aromatic rings. The summed E-state index contributed by atoms with van der Waals surface area (Å²) in [5.41, 5.74) is 7.84. The molecule has 1 heterocycles. The van der Waals surface area contributed by atoms with Crippen molar-refractivity contribution < 1.29 is 19.4 Å². The molecule has 0 bridgehead atoms. The third-order valence-electron chi connectivity index (χ3n) is 2.53. The van der Waals surface area contributed by atoms with Crippen LogP contribution < -0.4 is 5.73 Å². The number of H-pyrrole nitrogens is 1. The monoisotopic (exact) mass is 270 g/mol. The lowest BCUT2D eigenvalue weighted by Gasteiger charge is -2.04. The van der Waals surface area contributed by atoms with Gasteiger partial charge < -0.3 is 20.6 Å². The number of rotatable bonds is 6. The van der Waals surface area contributed by atoms with E-state index in [1.54, 1.807) is 6.20 Å². The number of carboxylic acids is 1. The number of aryl methyl sites for hydroxylation is 1. The Bertz CT molecular complexity index is 413. The van der Waals surface area contributed by atoms with E-state index in [9.17, 15) is 9.59 Å². The molecule has 1 rings (SSSR count). The van der Waals surface area contributed by atoms with Gasteiger partial charge in [0, 0.05) is 24.9 Å². The van der Waals surface area contributed by atoms with E-state index < -0.39 is 5.97 Å². The second-order valence-corrected chi connectivity index (χ2v) is 3.62. The number of aromatic amines is 1. The van der Waals surface area contributed by atoms with Gasteiger partial charge in [0.2, 0.25) is 0 Å². The van der Waals surface area contributed by atoms with Gasteiger partial charge in [-0.1, -0.05) is 13.8 Å². The molecule has 108 valence electrons. The maximum atomic E-state index is 11.2. The van der Waals surface area contributed by atoms with Gasteiger partial charge in [-0.2, -0.15) is 0 Å². The van der Waals surface area contributed by atoms with Crippen molar-refractivity contribution in [2.75, 3.05) is 7.11 Å². The number of nitrogens with two attached hydrogens (primary N) is 1. The van der Waals surface area contributed by atoms with Crippen molar-refractivity contribution in [3.8, 4) is 0 Å². The number of aromatic nitrogens is 1. The zero-order valence-electron chi connectivity index (χ0n) is 11.7.